The van der Waals surface area contributed by atoms with E-state index in [-0.39, 0.29) is 5.97 Å². The fourth-order valence-corrected chi connectivity index (χ4v) is 1.21. The molecule has 0 amide bonds. The minimum absolute atomic E-state index is 0.292. The average Bonchev–Trinajstić information content (AvgIpc) is 2.73. The van der Waals surface area contributed by atoms with Crippen LogP contribution < -0.4 is 0 Å². The predicted octanol–water partition coefficient (Wildman–Crippen LogP) is 1.35. The van der Waals surface area contributed by atoms with Crippen LogP contribution in [0.2, 0.25) is 0 Å². The van der Waals surface area contributed by atoms with Crippen molar-refractivity contribution in [3.63, 3.8) is 0 Å². The van der Waals surface area contributed by atoms with Crippen molar-refractivity contribution in [3.8, 4) is 0 Å². The van der Waals surface area contributed by atoms with Gasteiger partial charge in [-0.2, -0.15) is 0 Å². The minimum Gasteiger partial charge on any atom is -0.463 e. The van der Waals surface area contributed by atoms with E-state index in [0.717, 1.165) is 25.1 Å². The third-order valence-corrected chi connectivity index (χ3v) is 2.02. The van der Waals surface area contributed by atoms with Gasteiger partial charge in [0.15, 0.2) is 0 Å². The molecule has 1 rings (SSSR count). The molecule has 0 unspecified atom stereocenters. The zero-order valence-electron chi connectivity index (χ0n) is 9.72. The van der Waals surface area contributed by atoms with Crippen LogP contribution in [-0.4, -0.2) is 27.6 Å². The Morgan fingerprint density at radius 3 is 3.00 bits per heavy atom. The molecule has 0 fully saturated rings. The highest BCUT2D eigenvalue weighted by molar-refractivity contribution is 5.81. The molecule has 0 atom stereocenters. The zero-order valence-corrected chi connectivity index (χ0v) is 9.72. The van der Waals surface area contributed by atoms with Gasteiger partial charge in [-0.15, -0.1) is 5.10 Å². The maximum atomic E-state index is 11.0. The first kappa shape index (κ1) is 12.4. The van der Waals surface area contributed by atoms with Gasteiger partial charge in [0.2, 0.25) is 0 Å². The molecule has 0 saturated carbocycles. The van der Waals surface area contributed by atoms with Crippen LogP contribution in [0.5, 0.6) is 0 Å². The number of aromatic nitrogens is 3. The van der Waals surface area contributed by atoms with Crippen LogP contribution in [0.25, 0.3) is 0 Å². The van der Waals surface area contributed by atoms with Crippen molar-refractivity contribution in [2.45, 2.75) is 33.2 Å². The number of hydrogen-bond donors (Lipinski definition) is 0. The van der Waals surface area contributed by atoms with Crippen molar-refractivity contribution in [1.82, 2.24) is 15.0 Å². The number of allylic oxidation sites excluding steroid dienone is 1. The molecule has 0 spiro atoms. The van der Waals surface area contributed by atoms with Gasteiger partial charge >= 0.3 is 5.97 Å². The summed E-state index contributed by atoms with van der Waals surface area (Å²) in [4.78, 5) is 11.0. The van der Waals surface area contributed by atoms with E-state index in [1.54, 1.807) is 17.7 Å². The summed E-state index contributed by atoms with van der Waals surface area (Å²) < 4.78 is 6.54. The van der Waals surface area contributed by atoms with E-state index < -0.39 is 0 Å². The van der Waals surface area contributed by atoms with Crippen molar-refractivity contribution in [2.24, 2.45) is 0 Å². The lowest BCUT2D eigenvalue weighted by atomic mass is 10.2. The van der Waals surface area contributed by atoms with Crippen molar-refractivity contribution >= 4 is 5.97 Å². The van der Waals surface area contributed by atoms with E-state index in [1.807, 2.05) is 13.1 Å². The van der Waals surface area contributed by atoms with Gasteiger partial charge in [-0.25, -0.2) is 4.79 Å². The van der Waals surface area contributed by atoms with E-state index in [0.29, 0.717) is 6.61 Å². The number of carbonyl (C=O) groups is 1. The van der Waals surface area contributed by atoms with Crippen molar-refractivity contribution in [2.75, 3.05) is 6.61 Å². The Hall–Kier alpha value is -1.65. The van der Waals surface area contributed by atoms with Crippen LogP contribution in [0.1, 0.15) is 26.0 Å². The molecule has 0 radical (unpaired) electrons. The lowest BCUT2D eigenvalue weighted by Gasteiger charge is -1.94. The maximum absolute atomic E-state index is 11.0. The van der Waals surface area contributed by atoms with Gasteiger partial charge in [0.25, 0.3) is 0 Å². The Balaban J connectivity index is 2.27. The number of rotatable bonds is 6. The monoisotopic (exact) mass is 223 g/mol. The molecule has 0 aliphatic rings. The third kappa shape index (κ3) is 4.25. The predicted molar refractivity (Wildman–Crippen MR) is 59.8 cm³/mol. The summed E-state index contributed by atoms with van der Waals surface area (Å²) in [6, 6.07) is 0. The number of nitrogens with zero attached hydrogens (tertiary/aromatic N) is 3. The summed E-state index contributed by atoms with van der Waals surface area (Å²) in [7, 11) is 0. The molecule has 0 bridgehead atoms. The molecule has 1 aromatic rings. The third-order valence-electron chi connectivity index (χ3n) is 2.02. The summed E-state index contributed by atoms with van der Waals surface area (Å²) in [5.41, 5.74) is 0.940. The number of carbonyl (C=O) groups excluding carboxylic acids is 1. The molecular formula is C11H17N3O2. The molecule has 0 aromatic carbocycles. The van der Waals surface area contributed by atoms with E-state index in [2.05, 4.69) is 10.3 Å². The lowest BCUT2D eigenvalue weighted by Crippen LogP contribution is -1.98. The van der Waals surface area contributed by atoms with E-state index >= 15 is 0 Å². The summed E-state index contributed by atoms with van der Waals surface area (Å²) in [6.45, 7) is 5.04. The fourth-order valence-electron chi connectivity index (χ4n) is 1.21. The molecule has 0 aliphatic carbocycles. The van der Waals surface area contributed by atoms with Crippen LogP contribution in [-0.2, 0) is 22.5 Å². The van der Waals surface area contributed by atoms with Gasteiger partial charge in [-0.3, -0.25) is 4.68 Å². The second-order valence-corrected chi connectivity index (χ2v) is 3.26. The summed E-state index contributed by atoms with van der Waals surface area (Å²) in [6.07, 6.45) is 6.71. The summed E-state index contributed by atoms with van der Waals surface area (Å²) in [5.74, 6) is -0.292. The topological polar surface area (TPSA) is 57.0 Å². The van der Waals surface area contributed by atoms with Crippen molar-refractivity contribution in [3.05, 3.63) is 24.0 Å². The second kappa shape index (κ2) is 6.76. The molecular weight excluding hydrogens is 206 g/mol. The normalized spacial score (nSPS) is 10.9. The van der Waals surface area contributed by atoms with Gasteiger partial charge in [-0.1, -0.05) is 11.3 Å². The molecule has 5 heteroatoms. The minimum atomic E-state index is -0.292. The molecule has 1 aromatic heterocycles. The Bertz CT molecular complexity index is 358. The number of ether oxygens (including phenoxy) is 1. The molecule has 0 aliphatic heterocycles. The van der Waals surface area contributed by atoms with Crippen molar-refractivity contribution in [1.29, 1.82) is 0 Å². The fraction of sp³-hybridized carbons (Fsp3) is 0.545. The SMILES string of the molecule is CCOC(=O)/C=C\CCc1cn(CC)nn1. The first-order valence-corrected chi connectivity index (χ1v) is 5.48. The van der Waals surface area contributed by atoms with E-state index in [1.165, 1.54) is 6.08 Å². The molecule has 5 nitrogen and oxygen atoms in total. The second-order valence-electron chi connectivity index (χ2n) is 3.26. The first-order chi connectivity index (χ1) is 7.76. The molecule has 16 heavy (non-hydrogen) atoms. The Morgan fingerprint density at radius 2 is 2.38 bits per heavy atom. The van der Waals surface area contributed by atoms with Crippen LogP contribution in [0.3, 0.4) is 0 Å². The first-order valence-electron chi connectivity index (χ1n) is 5.48. The lowest BCUT2D eigenvalue weighted by molar-refractivity contribution is -0.137. The highest BCUT2D eigenvalue weighted by Crippen LogP contribution is 1.99. The average molecular weight is 223 g/mol. The van der Waals surface area contributed by atoms with Gasteiger partial charge in [-0.05, 0) is 26.7 Å². The van der Waals surface area contributed by atoms with Gasteiger partial charge in [0, 0.05) is 18.8 Å². The highest BCUT2D eigenvalue weighted by atomic mass is 16.5. The standard InChI is InChI=1S/C11H17N3O2/c1-3-14-9-10(12-13-14)7-5-6-8-11(15)16-4-2/h6,8-9H,3-5,7H2,1-2H3/b8-6-. The van der Waals surface area contributed by atoms with Crippen LogP contribution >= 0.6 is 0 Å². The maximum Gasteiger partial charge on any atom is 0.330 e. The van der Waals surface area contributed by atoms with Gasteiger partial charge < -0.3 is 4.74 Å². The Kier molecular flexibility index (Phi) is 5.25. The van der Waals surface area contributed by atoms with Crippen LogP contribution in [0.15, 0.2) is 18.3 Å². The quantitative estimate of drug-likeness (QED) is 0.539. The summed E-state index contributed by atoms with van der Waals surface area (Å²) in [5, 5.41) is 7.93. The van der Waals surface area contributed by atoms with E-state index in [4.69, 9.17) is 4.74 Å². The summed E-state index contributed by atoms with van der Waals surface area (Å²) >= 11 is 0. The molecule has 1 heterocycles. The Morgan fingerprint density at radius 1 is 1.56 bits per heavy atom. The molecule has 0 saturated heterocycles. The van der Waals surface area contributed by atoms with Crippen LogP contribution in [0.4, 0.5) is 0 Å². The Labute approximate surface area is 95.1 Å². The van der Waals surface area contributed by atoms with Crippen molar-refractivity contribution < 1.29 is 9.53 Å². The van der Waals surface area contributed by atoms with Gasteiger partial charge in [0.05, 0.1) is 12.3 Å². The number of aryl methyl sites for hydroxylation is 2. The smallest absolute Gasteiger partial charge is 0.330 e. The zero-order chi connectivity index (χ0) is 11.8. The largest absolute Gasteiger partial charge is 0.463 e. The molecule has 0 N–H and O–H groups in total. The van der Waals surface area contributed by atoms with E-state index in [9.17, 15) is 4.79 Å². The van der Waals surface area contributed by atoms with Crippen LogP contribution in [0, 0.1) is 0 Å². The number of esters is 1. The molecule has 88 valence electrons. The number of hydrogen-bond acceptors (Lipinski definition) is 4. The van der Waals surface area contributed by atoms with Gasteiger partial charge in [0.1, 0.15) is 0 Å². The highest BCUT2D eigenvalue weighted by Gasteiger charge is 1.98.